The van der Waals surface area contributed by atoms with Crippen LogP contribution in [0.15, 0.2) is 24.3 Å². The van der Waals surface area contributed by atoms with Crippen LogP contribution in [-0.2, 0) is 11.2 Å². The third-order valence-corrected chi connectivity index (χ3v) is 4.70. The lowest BCUT2D eigenvalue weighted by Crippen LogP contribution is -2.39. The van der Waals surface area contributed by atoms with Crippen molar-refractivity contribution in [1.82, 2.24) is 5.32 Å². The molecule has 1 saturated heterocycles. The minimum atomic E-state index is 0.415. The second-order valence-corrected chi connectivity index (χ2v) is 6.45. The van der Waals surface area contributed by atoms with Gasteiger partial charge in [0.15, 0.2) is 0 Å². The van der Waals surface area contributed by atoms with Gasteiger partial charge in [-0.05, 0) is 49.7 Å². The third kappa shape index (κ3) is 3.24. The molecule has 3 atom stereocenters. The molecule has 1 saturated carbocycles. The average molecular weight is 273 g/mol. The lowest BCUT2D eigenvalue weighted by atomic mass is 10.0. The molecule has 20 heavy (non-hydrogen) atoms. The molecule has 2 fully saturated rings. The molecule has 3 rings (SSSR count). The van der Waals surface area contributed by atoms with E-state index in [2.05, 4.69) is 43.4 Å². The fourth-order valence-electron chi connectivity index (χ4n) is 3.36. The van der Waals surface area contributed by atoms with E-state index < -0.39 is 0 Å². The first-order valence-corrected chi connectivity index (χ1v) is 8.24. The molecule has 0 amide bonds. The molecule has 1 aliphatic heterocycles. The highest BCUT2D eigenvalue weighted by Gasteiger charge is 2.40. The zero-order valence-corrected chi connectivity index (χ0v) is 12.8. The van der Waals surface area contributed by atoms with Crippen molar-refractivity contribution >= 4 is 0 Å². The quantitative estimate of drug-likeness (QED) is 0.850. The Kier molecular flexibility index (Phi) is 4.42. The normalized spacial score (nSPS) is 27.7. The number of ether oxygens (including phenoxy) is 1. The highest BCUT2D eigenvalue weighted by Crippen LogP contribution is 2.39. The summed E-state index contributed by atoms with van der Waals surface area (Å²) in [6, 6.07) is 10.1. The predicted molar refractivity (Wildman–Crippen MR) is 82.9 cm³/mol. The Morgan fingerprint density at radius 1 is 1.20 bits per heavy atom. The Morgan fingerprint density at radius 3 is 2.60 bits per heavy atom. The van der Waals surface area contributed by atoms with Gasteiger partial charge in [-0.1, -0.05) is 37.6 Å². The SMILES string of the molecule is CCCc1ccc(C(C)NC2CCOC2C2CC2)cc1. The molecule has 0 radical (unpaired) electrons. The topological polar surface area (TPSA) is 21.3 Å². The molecule has 0 aromatic heterocycles. The Balaban J connectivity index is 1.59. The first-order chi connectivity index (χ1) is 9.78. The van der Waals surface area contributed by atoms with Crippen molar-refractivity contribution in [3.63, 3.8) is 0 Å². The number of hydrogen-bond donors (Lipinski definition) is 1. The van der Waals surface area contributed by atoms with Gasteiger partial charge in [0.2, 0.25) is 0 Å². The minimum Gasteiger partial charge on any atom is -0.376 e. The molecule has 2 heteroatoms. The van der Waals surface area contributed by atoms with Crippen LogP contribution >= 0.6 is 0 Å². The minimum absolute atomic E-state index is 0.415. The Morgan fingerprint density at radius 2 is 1.95 bits per heavy atom. The average Bonchev–Trinajstić information content (AvgIpc) is 3.20. The fourth-order valence-corrected chi connectivity index (χ4v) is 3.36. The molecule has 1 aliphatic carbocycles. The van der Waals surface area contributed by atoms with Gasteiger partial charge in [0.05, 0.1) is 6.10 Å². The van der Waals surface area contributed by atoms with Crippen molar-refractivity contribution in [2.75, 3.05) is 6.61 Å². The van der Waals surface area contributed by atoms with E-state index in [-0.39, 0.29) is 0 Å². The van der Waals surface area contributed by atoms with Crippen LogP contribution in [0.3, 0.4) is 0 Å². The van der Waals surface area contributed by atoms with Crippen molar-refractivity contribution < 1.29 is 4.74 Å². The van der Waals surface area contributed by atoms with E-state index in [1.807, 2.05) is 0 Å². The van der Waals surface area contributed by atoms with Crippen LogP contribution in [0.1, 0.15) is 56.7 Å². The van der Waals surface area contributed by atoms with Gasteiger partial charge in [-0.2, -0.15) is 0 Å². The highest BCUT2D eigenvalue weighted by molar-refractivity contribution is 5.25. The number of nitrogens with one attached hydrogen (secondary N) is 1. The molecular formula is C18H27NO. The van der Waals surface area contributed by atoms with Gasteiger partial charge in [0, 0.05) is 18.7 Å². The van der Waals surface area contributed by atoms with Gasteiger partial charge in [-0.15, -0.1) is 0 Å². The molecule has 2 nitrogen and oxygen atoms in total. The summed E-state index contributed by atoms with van der Waals surface area (Å²) in [7, 11) is 0. The summed E-state index contributed by atoms with van der Waals surface area (Å²) in [6.07, 6.45) is 6.76. The second kappa shape index (κ2) is 6.28. The van der Waals surface area contributed by atoms with Crippen LogP contribution in [0.5, 0.6) is 0 Å². The van der Waals surface area contributed by atoms with Crippen molar-refractivity contribution in [2.24, 2.45) is 5.92 Å². The molecule has 1 heterocycles. The van der Waals surface area contributed by atoms with Gasteiger partial charge in [0.1, 0.15) is 0 Å². The van der Waals surface area contributed by atoms with Crippen LogP contribution in [-0.4, -0.2) is 18.8 Å². The summed E-state index contributed by atoms with van der Waals surface area (Å²) in [6.45, 7) is 5.44. The maximum Gasteiger partial charge on any atom is 0.0757 e. The van der Waals surface area contributed by atoms with E-state index in [0.29, 0.717) is 18.2 Å². The van der Waals surface area contributed by atoms with Gasteiger partial charge in [0.25, 0.3) is 0 Å². The van der Waals surface area contributed by atoms with Crippen LogP contribution in [0, 0.1) is 5.92 Å². The van der Waals surface area contributed by atoms with Crippen LogP contribution in [0.4, 0.5) is 0 Å². The van der Waals surface area contributed by atoms with Crippen LogP contribution < -0.4 is 5.32 Å². The van der Waals surface area contributed by atoms with Crippen LogP contribution in [0.25, 0.3) is 0 Å². The second-order valence-electron chi connectivity index (χ2n) is 6.45. The first-order valence-electron chi connectivity index (χ1n) is 8.24. The van der Waals surface area contributed by atoms with Crippen molar-refractivity contribution in [1.29, 1.82) is 0 Å². The summed E-state index contributed by atoms with van der Waals surface area (Å²) < 4.78 is 5.91. The van der Waals surface area contributed by atoms with Crippen molar-refractivity contribution in [2.45, 2.75) is 64.1 Å². The molecular weight excluding hydrogens is 246 g/mol. The Labute approximate surface area is 122 Å². The van der Waals surface area contributed by atoms with E-state index in [1.54, 1.807) is 0 Å². The Bertz CT molecular complexity index is 424. The number of rotatable bonds is 6. The third-order valence-electron chi connectivity index (χ3n) is 4.70. The molecule has 3 unspecified atom stereocenters. The largest absolute Gasteiger partial charge is 0.376 e. The maximum atomic E-state index is 5.91. The van der Waals surface area contributed by atoms with E-state index in [1.165, 1.54) is 43.2 Å². The number of hydrogen-bond acceptors (Lipinski definition) is 2. The molecule has 0 bridgehead atoms. The number of aryl methyl sites for hydroxylation is 1. The Hall–Kier alpha value is -0.860. The predicted octanol–water partition coefficient (Wildman–Crippen LogP) is 3.86. The lowest BCUT2D eigenvalue weighted by Gasteiger charge is -2.24. The van der Waals surface area contributed by atoms with E-state index >= 15 is 0 Å². The summed E-state index contributed by atoms with van der Waals surface area (Å²) in [5, 5.41) is 3.79. The molecule has 1 aromatic rings. The molecule has 2 aliphatic rings. The van der Waals surface area contributed by atoms with E-state index in [9.17, 15) is 0 Å². The zero-order valence-electron chi connectivity index (χ0n) is 12.8. The van der Waals surface area contributed by atoms with Gasteiger partial charge in [-0.3, -0.25) is 0 Å². The first kappa shape index (κ1) is 14.1. The van der Waals surface area contributed by atoms with Gasteiger partial charge >= 0.3 is 0 Å². The summed E-state index contributed by atoms with van der Waals surface area (Å²) in [4.78, 5) is 0. The van der Waals surface area contributed by atoms with Crippen LogP contribution in [0.2, 0.25) is 0 Å². The summed E-state index contributed by atoms with van der Waals surface area (Å²) in [5.41, 5.74) is 2.84. The summed E-state index contributed by atoms with van der Waals surface area (Å²) >= 11 is 0. The molecule has 0 spiro atoms. The monoisotopic (exact) mass is 273 g/mol. The lowest BCUT2D eigenvalue weighted by molar-refractivity contribution is 0.0793. The molecule has 1 N–H and O–H groups in total. The maximum absolute atomic E-state index is 5.91. The van der Waals surface area contributed by atoms with Gasteiger partial charge in [-0.25, -0.2) is 0 Å². The summed E-state index contributed by atoms with van der Waals surface area (Å²) in [5.74, 6) is 0.828. The molecule has 110 valence electrons. The highest BCUT2D eigenvalue weighted by atomic mass is 16.5. The van der Waals surface area contributed by atoms with Crippen molar-refractivity contribution in [3.05, 3.63) is 35.4 Å². The van der Waals surface area contributed by atoms with Gasteiger partial charge < -0.3 is 10.1 Å². The smallest absolute Gasteiger partial charge is 0.0757 e. The standard InChI is InChI=1S/C18H27NO/c1-3-4-14-5-7-15(8-6-14)13(2)19-17-11-12-20-18(17)16-9-10-16/h5-8,13,16-19H,3-4,9-12H2,1-2H3. The van der Waals surface area contributed by atoms with E-state index in [0.717, 1.165) is 12.5 Å². The van der Waals surface area contributed by atoms with Crippen molar-refractivity contribution in [3.8, 4) is 0 Å². The van der Waals surface area contributed by atoms with E-state index in [4.69, 9.17) is 4.74 Å². The number of benzene rings is 1. The fraction of sp³-hybridized carbons (Fsp3) is 0.667. The zero-order chi connectivity index (χ0) is 13.9. The molecule has 1 aromatic carbocycles.